The van der Waals surface area contributed by atoms with Gasteiger partial charge in [-0.15, -0.1) is 0 Å². The number of nitrogens with zero attached hydrogens (tertiary/aromatic N) is 4. The van der Waals surface area contributed by atoms with Crippen LogP contribution in [0, 0.1) is 6.92 Å². The Balaban J connectivity index is 1.69. The quantitative estimate of drug-likeness (QED) is 0.857. The average Bonchev–Trinajstić information content (AvgIpc) is 3.14. The fourth-order valence-corrected chi connectivity index (χ4v) is 3.29. The summed E-state index contributed by atoms with van der Waals surface area (Å²) in [5, 5.41) is 4.10. The minimum atomic E-state index is -0.427. The van der Waals surface area contributed by atoms with Crippen LogP contribution in [0.2, 0.25) is 0 Å². The van der Waals surface area contributed by atoms with Crippen molar-refractivity contribution < 1.29 is 9.59 Å². The number of fused-ring (bicyclic) bond motifs is 1. The van der Waals surface area contributed by atoms with Crippen LogP contribution in [0.25, 0.3) is 0 Å². The molecule has 1 atom stereocenters. The largest absolute Gasteiger partial charge is 0.335 e. The predicted octanol–water partition coefficient (Wildman–Crippen LogP) is 2.19. The smallest absolute Gasteiger partial charge is 0.247 e. The number of hydrogen-bond donors (Lipinski definition) is 0. The first-order valence-electron chi connectivity index (χ1n) is 8.61. The highest BCUT2D eigenvalue weighted by atomic mass is 16.2. The molecule has 132 valence electrons. The molecule has 0 bridgehead atoms. The Bertz CT molecular complexity index is 770. The van der Waals surface area contributed by atoms with Crippen LogP contribution in [-0.2, 0) is 16.0 Å². The van der Waals surface area contributed by atoms with Crippen LogP contribution in [0.15, 0.2) is 36.7 Å². The lowest BCUT2D eigenvalue weighted by atomic mass is 9.99. The number of benzene rings is 1. The Labute approximate surface area is 148 Å². The molecule has 6 heteroatoms. The van der Waals surface area contributed by atoms with Gasteiger partial charge in [-0.2, -0.15) is 5.10 Å². The summed E-state index contributed by atoms with van der Waals surface area (Å²) in [7, 11) is 1.67. The molecule has 0 aliphatic carbocycles. The Morgan fingerprint density at radius 2 is 2.16 bits per heavy atom. The summed E-state index contributed by atoms with van der Waals surface area (Å²) in [6.45, 7) is 4.61. The Morgan fingerprint density at radius 1 is 1.36 bits per heavy atom. The van der Waals surface area contributed by atoms with Crippen molar-refractivity contribution in [2.45, 2.75) is 32.7 Å². The maximum absolute atomic E-state index is 12.8. The summed E-state index contributed by atoms with van der Waals surface area (Å²) in [5.74, 6) is -0.175. The molecule has 1 aromatic heterocycles. The van der Waals surface area contributed by atoms with Crippen molar-refractivity contribution in [2.24, 2.45) is 0 Å². The molecule has 1 aliphatic heterocycles. The maximum Gasteiger partial charge on any atom is 0.247 e. The van der Waals surface area contributed by atoms with Gasteiger partial charge in [0.05, 0.1) is 6.54 Å². The molecule has 3 rings (SSSR count). The highest BCUT2D eigenvalue weighted by Crippen LogP contribution is 2.28. The predicted molar refractivity (Wildman–Crippen MR) is 96.4 cm³/mol. The van der Waals surface area contributed by atoms with Crippen molar-refractivity contribution in [1.82, 2.24) is 14.7 Å². The first-order chi connectivity index (χ1) is 12.0. The molecule has 0 radical (unpaired) electrons. The van der Waals surface area contributed by atoms with Gasteiger partial charge in [0.2, 0.25) is 11.8 Å². The number of carbonyl (C=O) groups excluding carboxylic acids is 2. The van der Waals surface area contributed by atoms with Crippen molar-refractivity contribution in [3.05, 3.63) is 47.8 Å². The topological polar surface area (TPSA) is 58.4 Å². The SMILES string of the molecule is Cc1ccc2c(c1)CCCN2C(=O)CN(C)C(=O)C(C)n1cccn1. The lowest BCUT2D eigenvalue weighted by molar-refractivity contribution is -0.136. The molecule has 1 aliphatic rings. The molecule has 1 unspecified atom stereocenters. The molecule has 6 nitrogen and oxygen atoms in total. The van der Waals surface area contributed by atoms with Gasteiger partial charge in [0.15, 0.2) is 0 Å². The molecule has 2 amide bonds. The summed E-state index contributed by atoms with van der Waals surface area (Å²) < 4.78 is 1.60. The summed E-state index contributed by atoms with van der Waals surface area (Å²) in [5.41, 5.74) is 3.38. The van der Waals surface area contributed by atoms with Crippen LogP contribution in [0.5, 0.6) is 0 Å². The molecular formula is C19H24N4O2. The second-order valence-electron chi connectivity index (χ2n) is 6.64. The van der Waals surface area contributed by atoms with E-state index in [0.29, 0.717) is 6.54 Å². The third-order valence-corrected chi connectivity index (χ3v) is 4.68. The zero-order valence-electron chi connectivity index (χ0n) is 15.0. The minimum Gasteiger partial charge on any atom is -0.335 e. The molecule has 2 aromatic rings. The number of rotatable bonds is 4. The van der Waals surface area contributed by atoms with Gasteiger partial charge in [-0.3, -0.25) is 14.3 Å². The van der Waals surface area contributed by atoms with Crippen LogP contribution in [0.3, 0.4) is 0 Å². The van der Waals surface area contributed by atoms with Gasteiger partial charge in [-0.05, 0) is 44.4 Å². The van der Waals surface area contributed by atoms with E-state index in [1.165, 1.54) is 16.0 Å². The number of carbonyl (C=O) groups is 2. The second-order valence-corrected chi connectivity index (χ2v) is 6.64. The van der Waals surface area contributed by atoms with E-state index in [1.807, 2.05) is 12.1 Å². The number of hydrogen-bond acceptors (Lipinski definition) is 3. The van der Waals surface area contributed by atoms with Gasteiger partial charge in [0.1, 0.15) is 6.04 Å². The number of aromatic nitrogens is 2. The molecule has 25 heavy (non-hydrogen) atoms. The van der Waals surface area contributed by atoms with E-state index in [-0.39, 0.29) is 18.4 Å². The summed E-state index contributed by atoms with van der Waals surface area (Å²) in [6, 6.07) is 7.53. The molecule has 0 saturated heterocycles. The fraction of sp³-hybridized carbons (Fsp3) is 0.421. The van der Waals surface area contributed by atoms with Crippen LogP contribution < -0.4 is 4.90 Å². The van der Waals surface area contributed by atoms with E-state index in [9.17, 15) is 9.59 Å². The third-order valence-electron chi connectivity index (χ3n) is 4.68. The number of amides is 2. The number of likely N-dealkylation sites (N-methyl/N-ethyl adjacent to an activating group) is 1. The van der Waals surface area contributed by atoms with Gasteiger partial charge < -0.3 is 9.80 Å². The van der Waals surface area contributed by atoms with Crippen molar-refractivity contribution in [3.63, 3.8) is 0 Å². The van der Waals surface area contributed by atoms with E-state index < -0.39 is 6.04 Å². The van der Waals surface area contributed by atoms with Crippen LogP contribution in [0.1, 0.15) is 30.5 Å². The molecule has 1 aromatic carbocycles. The zero-order valence-corrected chi connectivity index (χ0v) is 15.0. The average molecular weight is 340 g/mol. The Morgan fingerprint density at radius 3 is 2.88 bits per heavy atom. The standard InChI is InChI=1S/C19H24N4O2/c1-14-7-8-17-16(12-14)6-4-10-22(17)18(24)13-21(3)19(25)15(2)23-11-5-9-20-23/h5,7-9,11-12,15H,4,6,10,13H2,1-3H3. The zero-order chi connectivity index (χ0) is 18.0. The monoisotopic (exact) mass is 340 g/mol. The number of anilines is 1. The van der Waals surface area contributed by atoms with Gasteiger partial charge >= 0.3 is 0 Å². The first-order valence-corrected chi connectivity index (χ1v) is 8.61. The molecule has 0 N–H and O–H groups in total. The fourth-order valence-electron chi connectivity index (χ4n) is 3.29. The Hall–Kier alpha value is -2.63. The third kappa shape index (κ3) is 3.57. The normalized spacial score (nSPS) is 14.8. The Kier molecular flexibility index (Phi) is 4.88. The molecule has 2 heterocycles. The van der Waals surface area contributed by atoms with Crippen molar-refractivity contribution in [1.29, 1.82) is 0 Å². The lowest BCUT2D eigenvalue weighted by Gasteiger charge is -2.31. The summed E-state index contributed by atoms with van der Waals surface area (Å²) in [6.07, 6.45) is 5.33. The van der Waals surface area contributed by atoms with E-state index in [2.05, 4.69) is 18.1 Å². The van der Waals surface area contributed by atoms with Gasteiger partial charge in [-0.25, -0.2) is 0 Å². The summed E-state index contributed by atoms with van der Waals surface area (Å²) >= 11 is 0. The maximum atomic E-state index is 12.8. The lowest BCUT2D eigenvalue weighted by Crippen LogP contribution is -2.44. The van der Waals surface area contributed by atoms with E-state index in [4.69, 9.17) is 0 Å². The van der Waals surface area contributed by atoms with E-state index in [1.54, 1.807) is 42.0 Å². The van der Waals surface area contributed by atoms with Gasteiger partial charge in [0, 0.05) is 31.7 Å². The van der Waals surface area contributed by atoms with Crippen molar-refractivity contribution in [2.75, 3.05) is 25.0 Å². The van der Waals surface area contributed by atoms with Crippen LogP contribution >= 0.6 is 0 Å². The van der Waals surface area contributed by atoms with E-state index >= 15 is 0 Å². The first kappa shape index (κ1) is 17.2. The van der Waals surface area contributed by atoms with E-state index in [0.717, 1.165) is 18.5 Å². The van der Waals surface area contributed by atoms with Crippen LogP contribution in [0.4, 0.5) is 5.69 Å². The van der Waals surface area contributed by atoms with Gasteiger partial charge in [0.25, 0.3) is 0 Å². The number of aryl methyl sites for hydroxylation is 2. The van der Waals surface area contributed by atoms with Crippen molar-refractivity contribution in [3.8, 4) is 0 Å². The minimum absolute atomic E-state index is 0.0479. The second kappa shape index (κ2) is 7.09. The summed E-state index contributed by atoms with van der Waals surface area (Å²) in [4.78, 5) is 28.6. The highest BCUT2D eigenvalue weighted by Gasteiger charge is 2.26. The molecule has 0 spiro atoms. The highest BCUT2D eigenvalue weighted by molar-refractivity contribution is 5.98. The van der Waals surface area contributed by atoms with Crippen LogP contribution in [-0.4, -0.2) is 46.6 Å². The molecule has 0 saturated carbocycles. The molecular weight excluding hydrogens is 316 g/mol. The van der Waals surface area contributed by atoms with Crippen molar-refractivity contribution >= 4 is 17.5 Å². The van der Waals surface area contributed by atoms with Gasteiger partial charge in [-0.1, -0.05) is 17.7 Å². The molecule has 0 fully saturated rings.